The van der Waals surface area contributed by atoms with Gasteiger partial charge in [0.1, 0.15) is 12.7 Å². The quantitative estimate of drug-likeness (QED) is 0.816. The molecule has 4 rings (SSSR count). The van der Waals surface area contributed by atoms with Crippen molar-refractivity contribution in [1.82, 2.24) is 29.5 Å². The number of hydrogen-bond acceptors (Lipinski definition) is 6. The summed E-state index contributed by atoms with van der Waals surface area (Å²) in [6.07, 6.45) is 7.66. The zero-order valence-corrected chi connectivity index (χ0v) is 15.0. The Hall–Kier alpha value is -1.99. The number of pyridine rings is 1. The molecule has 0 saturated carbocycles. The molecule has 0 amide bonds. The van der Waals surface area contributed by atoms with Crippen molar-refractivity contribution in [2.45, 2.75) is 38.0 Å². The molecular formula is C18H26N6O. The average Bonchev–Trinajstić information content (AvgIpc) is 3.24. The van der Waals surface area contributed by atoms with Gasteiger partial charge in [-0.05, 0) is 38.4 Å². The van der Waals surface area contributed by atoms with Crippen LogP contribution in [0.15, 0.2) is 31.0 Å². The maximum Gasteiger partial charge on any atom is 0.217 e. The number of hydrogen-bond donors (Lipinski definition) is 0. The summed E-state index contributed by atoms with van der Waals surface area (Å²) in [6, 6.07) is 5.33. The highest BCUT2D eigenvalue weighted by Crippen LogP contribution is 2.35. The smallest absolute Gasteiger partial charge is 0.217 e. The Morgan fingerprint density at radius 1 is 1.36 bits per heavy atom. The van der Waals surface area contributed by atoms with Crippen molar-refractivity contribution in [1.29, 1.82) is 0 Å². The molecule has 2 fully saturated rings. The molecule has 4 heterocycles. The number of methoxy groups -OCH3 is 1. The van der Waals surface area contributed by atoms with Crippen LogP contribution in [0, 0.1) is 5.92 Å². The van der Waals surface area contributed by atoms with Crippen molar-refractivity contribution >= 4 is 0 Å². The van der Waals surface area contributed by atoms with Crippen LogP contribution < -0.4 is 4.74 Å². The Balaban J connectivity index is 1.39. The van der Waals surface area contributed by atoms with Gasteiger partial charge in [0, 0.05) is 36.9 Å². The lowest BCUT2D eigenvalue weighted by atomic mass is 9.92. The fourth-order valence-electron chi connectivity index (χ4n) is 4.51. The number of nitrogens with zero attached hydrogens (tertiary/aromatic N) is 6. The third-order valence-electron chi connectivity index (χ3n) is 5.75. The minimum atomic E-state index is 0.546. The molecule has 2 aliphatic rings. The Morgan fingerprint density at radius 3 is 3.08 bits per heavy atom. The van der Waals surface area contributed by atoms with Crippen LogP contribution in [0.3, 0.4) is 0 Å². The molecule has 0 aliphatic carbocycles. The van der Waals surface area contributed by atoms with Crippen LogP contribution in [0.4, 0.5) is 0 Å². The van der Waals surface area contributed by atoms with Crippen LogP contribution in [0.2, 0.25) is 0 Å². The second-order valence-corrected chi connectivity index (χ2v) is 7.20. The molecule has 2 saturated heterocycles. The van der Waals surface area contributed by atoms with E-state index in [0.717, 1.165) is 38.0 Å². The first-order chi connectivity index (χ1) is 12.2. The van der Waals surface area contributed by atoms with Gasteiger partial charge < -0.3 is 4.74 Å². The van der Waals surface area contributed by atoms with Gasteiger partial charge in [0.05, 0.1) is 13.7 Å². The number of likely N-dealkylation sites (tertiary alicyclic amines) is 2. The first kappa shape index (κ1) is 16.5. The molecule has 0 radical (unpaired) electrons. The van der Waals surface area contributed by atoms with E-state index in [4.69, 9.17) is 4.74 Å². The SMILES string of the molecule is COc1ncccc1CN1CC[C@H]2[C@H](C[C@@H](Cn3cncn3)N2C)C1. The van der Waals surface area contributed by atoms with E-state index in [1.54, 1.807) is 19.6 Å². The Morgan fingerprint density at radius 2 is 2.28 bits per heavy atom. The van der Waals surface area contributed by atoms with E-state index in [1.807, 2.05) is 17.1 Å². The predicted octanol–water partition coefficient (Wildman–Crippen LogP) is 1.28. The first-order valence-corrected chi connectivity index (χ1v) is 8.99. The Labute approximate surface area is 148 Å². The van der Waals surface area contributed by atoms with Crippen molar-refractivity contribution in [3.63, 3.8) is 0 Å². The van der Waals surface area contributed by atoms with Crippen molar-refractivity contribution < 1.29 is 4.74 Å². The molecule has 3 atom stereocenters. The minimum absolute atomic E-state index is 0.546. The number of piperidine rings is 1. The number of likely N-dealkylation sites (N-methyl/N-ethyl adjacent to an activating group) is 1. The molecule has 0 N–H and O–H groups in total. The van der Waals surface area contributed by atoms with Crippen molar-refractivity contribution in [3.05, 3.63) is 36.5 Å². The summed E-state index contributed by atoms with van der Waals surface area (Å²) < 4.78 is 7.36. The summed E-state index contributed by atoms with van der Waals surface area (Å²) in [5, 5.41) is 4.27. The van der Waals surface area contributed by atoms with Crippen molar-refractivity contribution in [2.24, 2.45) is 5.92 Å². The highest BCUT2D eigenvalue weighted by Gasteiger charge is 2.42. The topological polar surface area (TPSA) is 59.3 Å². The molecule has 2 aliphatic heterocycles. The highest BCUT2D eigenvalue weighted by molar-refractivity contribution is 5.25. The van der Waals surface area contributed by atoms with Gasteiger partial charge in [-0.2, -0.15) is 5.10 Å². The van der Waals surface area contributed by atoms with Gasteiger partial charge in [0.2, 0.25) is 5.88 Å². The molecule has 25 heavy (non-hydrogen) atoms. The van der Waals surface area contributed by atoms with E-state index in [0.29, 0.717) is 12.1 Å². The van der Waals surface area contributed by atoms with E-state index < -0.39 is 0 Å². The van der Waals surface area contributed by atoms with Crippen LogP contribution in [0.1, 0.15) is 18.4 Å². The lowest BCUT2D eigenvalue weighted by molar-refractivity contribution is 0.109. The lowest BCUT2D eigenvalue weighted by Gasteiger charge is -2.37. The van der Waals surface area contributed by atoms with Crippen LogP contribution >= 0.6 is 0 Å². The Bertz CT molecular complexity index is 691. The predicted molar refractivity (Wildman–Crippen MR) is 94.2 cm³/mol. The minimum Gasteiger partial charge on any atom is -0.481 e. The third-order valence-corrected chi connectivity index (χ3v) is 5.75. The first-order valence-electron chi connectivity index (χ1n) is 8.99. The average molecular weight is 342 g/mol. The van der Waals surface area contributed by atoms with Gasteiger partial charge in [-0.15, -0.1) is 0 Å². The molecule has 0 aromatic carbocycles. The summed E-state index contributed by atoms with van der Waals surface area (Å²) in [7, 11) is 3.96. The van der Waals surface area contributed by atoms with Crippen molar-refractivity contribution in [2.75, 3.05) is 27.2 Å². The van der Waals surface area contributed by atoms with E-state index >= 15 is 0 Å². The fraction of sp³-hybridized carbons (Fsp3) is 0.611. The van der Waals surface area contributed by atoms with Crippen LogP contribution in [-0.4, -0.2) is 68.9 Å². The van der Waals surface area contributed by atoms with Gasteiger partial charge in [-0.25, -0.2) is 9.97 Å². The van der Waals surface area contributed by atoms with Gasteiger partial charge in [0.15, 0.2) is 0 Å². The standard InChI is InChI=1S/C18H26N6O/c1-22-16(11-24-13-19-12-21-24)8-15-10-23(7-5-17(15)22)9-14-4-3-6-20-18(14)25-2/h3-4,6,12-13,15-17H,5,7-11H2,1-2H3/t15-,16+,17+/m1/s1. The molecular weight excluding hydrogens is 316 g/mol. The number of ether oxygens (including phenoxy) is 1. The molecule has 2 aromatic rings. The van der Waals surface area contributed by atoms with E-state index in [2.05, 4.69) is 38.0 Å². The van der Waals surface area contributed by atoms with Gasteiger partial charge in [-0.1, -0.05) is 6.07 Å². The monoisotopic (exact) mass is 342 g/mol. The second kappa shape index (κ2) is 7.09. The number of fused-ring (bicyclic) bond motifs is 1. The summed E-state index contributed by atoms with van der Waals surface area (Å²) >= 11 is 0. The molecule has 0 spiro atoms. The summed E-state index contributed by atoms with van der Waals surface area (Å²) in [4.78, 5) is 13.5. The summed E-state index contributed by atoms with van der Waals surface area (Å²) in [6.45, 7) is 4.11. The van der Waals surface area contributed by atoms with Gasteiger partial charge in [0.25, 0.3) is 0 Å². The highest BCUT2D eigenvalue weighted by atomic mass is 16.5. The van der Waals surface area contributed by atoms with E-state index in [1.165, 1.54) is 18.4 Å². The maximum absolute atomic E-state index is 5.40. The van der Waals surface area contributed by atoms with Crippen molar-refractivity contribution in [3.8, 4) is 5.88 Å². The van der Waals surface area contributed by atoms with E-state index in [9.17, 15) is 0 Å². The maximum atomic E-state index is 5.40. The fourth-order valence-corrected chi connectivity index (χ4v) is 4.51. The lowest BCUT2D eigenvalue weighted by Crippen LogP contribution is -2.45. The summed E-state index contributed by atoms with van der Waals surface area (Å²) in [5.74, 6) is 1.46. The molecule has 134 valence electrons. The number of rotatable bonds is 5. The molecule has 0 unspecified atom stereocenters. The second-order valence-electron chi connectivity index (χ2n) is 7.20. The summed E-state index contributed by atoms with van der Waals surface area (Å²) in [5.41, 5.74) is 1.17. The Kier molecular flexibility index (Phi) is 4.67. The van der Waals surface area contributed by atoms with Crippen LogP contribution in [-0.2, 0) is 13.1 Å². The van der Waals surface area contributed by atoms with Gasteiger partial charge >= 0.3 is 0 Å². The zero-order chi connectivity index (χ0) is 17.2. The molecule has 0 bridgehead atoms. The molecule has 7 heteroatoms. The number of aromatic nitrogens is 4. The molecule has 7 nitrogen and oxygen atoms in total. The zero-order valence-electron chi connectivity index (χ0n) is 15.0. The normalized spacial score (nSPS) is 27.4. The molecule has 2 aromatic heterocycles. The largest absolute Gasteiger partial charge is 0.481 e. The third kappa shape index (κ3) is 3.39. The van der Waals surface area contributed by atoms with Gasteiger partial charge in [-0.3, -0.25) is 14.5 Å². The van der Waals surface area contributed by atoms with E-state index in [-0.39, 0.29) is 0 Å². The van der Waals surface area contributed by atoms with Crippen LogP contribution in [0.25, 0.3) is 0 Å². The van der Waals surface area contributed by atoms with Crippen LogP contribution in [0.5, 0.6) is 5.88 Å².